The first kappa shape index (κ1) is 12.7. The second-order valence-corrected chi connectivity index (χ2v) is 6.30. The van der Waals surface area contributed by atoms with Gasteiger partial charge in [0.25, 0.3) is 0 Å². The SMILES string of the molecule is Cc1c2c(c(C)c3c1[nH]c1ccc(O)cc13)CN(C)CC2. The van der Waals surface area contributed by atoms with Crippen molar-refractivity contribution in [1.29, 1.82) is 0 Å². The van der Waals surface area contributed by atoms with Gasteiger partial charge in [-0.25, -0.2) is 0 Å². The molecular formula is C18H20N2O. The second-order valence-electron chi connectivity index (χ2n) is 6.30. The molecule has 0 atom stereocenters. The highest BCUT2D eigenvalue weighted by atomic mass is 16.3. The van der Waals surface area contributed by atoms with E-state index in [0.717, 1.165) is 30.4 Å². The average molecular weight is 280 g/mol. The number of likely N-dealkylation sites (N-methyl/N-ethyl adjacent to an activating group) is 1. The van der Waals surface area contributed by atoms with Gasteiger partial charge in [-0.15, -0.1) is 0 Å². The van der Waals surface area contributed by atoms with E-state index in [1.807, 2.05) is 12.1 Å². The van der Waals surface area contributed by atoms with Gasteiger partial charge in [-0.1, -0.05) is 0 Å². The van der Waals surface area contributed by atoms with Gasteiger partial charge in [0.05, 0.1) is 0 Å². The third-order valence-electron chi connectivity index (χ3n) is 4.97. The van der Waals surface area contributed by atoms with Crippen molar-refractivity contribution in [3.05, 3.63) is 40.5 Å². The number of aromatic amines is 1. The number of H-pyrrole nitrogens is 1. The predicted octanol–water partition coefficient (Wildman–Crippen LogP) is 3.63. The Morgan fingerprint density at radius 1 is 1.14 bits per heavy atom. The molecule has 0 spiro atoms. The van der Waals surface area contributed by atoms with Crippen molar-refractivity contribution in [3.63, 3.8) is 0 Å². The smallest absolute Gasteiger partial charge is 0.116 e. The summed E-state index contributed by atoms with van der Waals surface area (Å²) >= 11 is 0. The molecule has 0 amide bonds. The van der Waals surface area contributed by atoms with Gasteiger partial charge in [0.2, 0.25) is 0 Å². The number of fused-ring (bicyclic) bond motifs is 4. The zero-order valence-corrected chi connectivity index (χ0v) is 12.7. The first-order valence-corrected chi connectivity index (χ1v) is 7.50. The van der Waals surface area contributed by atoms with Crippen molar-refractivity contribution >= 4 is 21.8 Å². The molecule has 0 fully saturated rings. The van der Waals surface area contributed by atoms with Gasteiger partial charge in [-0.05, 0) is 67.8 Å². The van der Waals surface area contributed by atoms with Gasteiger partial charge in [0.15, 0.2) is 0 Å². The molecule has 108 valence electrons. The van der Waals surface area contributed by atoms with Crippen LogP contribution in [-0.2, 0) is 13.0 Å². The minimum absolute atomic E-state index is 0.329. The summed E-state index contributed by atoms with van der Waals surface area (Å²) in [5, 5.41) is 12.2. The van der Waals surface area contributed by atoms with Gasteiger partial charge in [-0.3, -0.25) is 0 Å². The van der Waals surface area contributed by atoms with E-state index in [1.54, 1.807) is 6.07 Å². The van der Waals surface area contributed by atoms with Crippen LogP contribution in [0.25, 0.3) is 21.8 Å². The maximum atomic E-state index is 9.83. The highest BCUT2D eigenvalue weighted by Crippen LogP contribution is 2.38. The lowest BCUT2D eigenvalue weighted by molar-refractivity contribution is 0.312. The van der Waals surface area contributed by atoms with Gasteiger partial charge in [-0.2, -0.15) is 0 Å². The summed E-state index contributed by atoms with van der Waals surface area (Å²) in [7, 11) is 2.18. The Morgan fingerprint density at radius 3 is 2.76 bits per heavy atom. The molecule has 0 radical (unpaired) electrons. The van der Waals surface area contributed by atoms with Crippen LogP contribution in [0.3, 0.4) is 0 Å². The van der Waals surface area contributed by atoms with Crippen LogP contribution in [0.1, 0.15) is 22.3 Å². The average Bonchev–Trinajstić information content (AvgIpc) is 2.83. The van der Waals surface area contributed by atoms with Crippen molar-refractivity contribution in [2.75, 3.05) is 13.6 Å². The molecule has 0 aliphatic carbocycles. The lowest BCUT2D eigenvalue weighted by Gasteiger charge is -2.28. The summed E-state index contributed by atoms with van der Waals surface area (Å²) in [6.07, 6.45) is 1.12. The minimum Gasteiger partial charge on any atom is -0.508 e. The van der Waals surface area contributed by atoms with Gasteiger partial charge in [0.1, 0.15) is 5.75 Å². The quantitative estimate of drug-likeness (QED) is 0.660. The van der Waals surface area contributed by atoms with E-state index >= 15 is 0 Å². The number of aryl methyl sites for hydroxylation is 2. The number of hydrogen-bond donors (Lipinski definition) is 2. The van der Waals surface area contributed by atoms with Crippen LogP contribution in [0.15, 0.2) is 18.2 Å². The Hall–Kier alpha value is -2.00. The van der Waals surface area contributed by atoms with Crippen molar-refractivity contribution in [1.82, 2.24) is 9.88 Å². The van der Waals surface area contributed by atoms with Gasteiger partial charge >= 0.3 is 0 Å². The molecule has 3 nitrogen and oxygen atoms in total. The molecule has 1 aromatic heterocycles. The van der Waals surface area contributed by atoms with E-state index in [1.165, 1.54) is 33.2 Å². The summed E-state index contributed by atoms with van der Waals surface area (Å²) < 4.78 is 0. The molecule has 21 heavy (non-hydrogen) atoms. The third-order valence-corrected chi connectivity index (χ3v) is 4.97. The third kappa shape index (κ3) is 1.70. The lowest BCUT2D eigenvalue weighted by Crippen LogP contribution is -2.28. The van der Waals surface area contributed by atoms with E-state index in [4.69, 9.17) is 0 Å². The molecule has 3 heteroatoms. The zero-order valence-electron chi connectivity index (χ0n) is 12.7. The number of hydrogen-bond acceptors (Lipinski definition) is 2. The number of rotatable bonds is 0. The highest BCUT2D eigenvalue weighted by Gasteiger charge is 2.22. The zero-order chi connectivity index (χ0) is 14.7. The Bertz CT molecular complexity index is 876. The Kier molecular flexibility index (Phi) is 2.57. The summed E-state index contributed by atoms with van der Waals surface area (Å²) in [5.74, 6) is 0.329. The van der Waals surface area contributed by atoms with E-state index in [-0.39, 0.29) is 0 Å². The van der Waals surface area contributed by atoms with Crippen LogP contribution in [0.2, 0.25) is 0 Å². The van der Waals surface area contributed by atoms with Gasteiger partial charge in [0, 0.05) is 34.9 Å². The van der Waals surface area contributed by atoms with Crippen LogP contribution in [0.5, 0.6) is 5.75 Å². The van der Waals surface area contributed by atoms with Gasteiger partial charge < -0.3 is 15.0 Å². The molecule has 0 saturated carbocycles. The first-order valence-electron chi connectivity index (χ1n) is 7.50. The molecule has 2 heterocycles. The molecule has 0 bridgehead atoms. The molecule has 4 rings (SSSR count). The van der Waals surface area contributed by atoms with Crippen LogP contribution in [-0.4, -0.2) is 28.6 Å². The molecule has 2 aromatic carbocycles. The lowest BCUT2D eigenvalue weighted by atomic mass is 9.88. The van der Waals surface area contributed by atoms with E-state index in [0.29, 0.717) is 5.75 Å². The van der Waals surface area contributed by atoms with Crippen molar-refractivity contribution in [2.45, 2.75) is 26.8 Å². The maximum absolute atomic E-state index is 9.83. The highest BCUT2D eigenvalue weighted by molar-refractivity contribution is 6.11. The first-order chi connectivity index (χ1) is 10.1. The van der Waals surface area contributed by atoms with Crippen molar-refractivity contribution < 1.29 is 5.11 Å². The normalized spacial score (nSPS) is 15.8. The maximum Gasteiger partial charge on any atom is 0.116 e. The molecule has 1 aliphatic heterocycles. The van der Waals surface area contributed by atoms with E-state index in [9.17, 15) is 5.11 Å². The Labute approximate surface area is 124 Å². The van der Waals surface area contributed by atoms with Crippen LogP contribution in [0.4, 0.5) is 0 Å². The van der Waals surface area contributed by atoms with E-state index < -0.39 is 0 Å². The molecule has 0 unspecified atom stereocenters. The summed E-state index contributed by atoms with van der Waals surface area (Å²) in [5.41, 5.74) is 8.04. The molecule has 2 N–H and O–H groups in total. The largest absolute Gasteiger partial charge is 0.508 e. The molecule has 3 aromatic rings. The van der Waals surface area contributed by atoms with E-state index in [2.05, 4.69) is 30.8 Å². The fraction of sp³-hybridized carbons (Fsp3) is 0.333. The number of phenols is 1. The summed E-state index contributed by atoms with van der Waals surface area (Å²) in [4.78, 5) is 5.93. The number of phenolic OH excluding ortho intramolecular Hbond substituents is 1. The topological polar surface area (TPSA) is 39.3 Å². The van der Waals surface area contributed by atoms with Crippen molar-refractivity contribution in [3.8, 4) is 5.75 Å². The summed E-state index contributed by atoms with van der Waals surface area (Å²) in [6.45, 7) is 6.58. The fourth-order valence-electron chi connectivity index (χ4n) is 3.81. The molecule has 0 saturated heterocycles. The number of aromatic hydroxyl groups is 1. The molecule has 1 aliphatic rings. The van der Waals surface area contributed by atoms with Crippen LogP contribution < -0.4 is 0 Å². The second kappa shape index (κ2) is 4.25. The standard InChI is InChI=1S/C18H20N2O/c1-10-15-9-20(3)7-6-13(15)11(2)18-17(10)14-8-12(21)4-5-16(14)19-18/h4-5,8,19,21H,6-7,9H2,1-3H3. The van der Waals surface area contributed by atoms with Crippen LogP contribution >= 0.6 is 0 Å². The van der Waals surface area contributed by atoms with Crippen molar-refractivity contribution in [2.24, 2.45) is 0 Å². The Morgan fingerprint density at radius 2 is 1.95 bits per heavy atom. The minimum atomic E-state index is 0.329. The number of nitrogens with one attached hydrogen (secondary N) is 1. The number of benzene rings is 2. The predicted molar refractivity (Wildman–Crippen MR) is 87.0 cm³/mol. The van der Waals surface area contributed by atoms with Crippen LogP contribution in [0, 0.1) is 13.8 Å². The monoisotopic (exact) mass is 280 g/mol. The number of aromatic nitrogens is 1. The summed E-state index contributed by atoms with van der Waals surface area (Å²) in [6, 6.07) is 5.59. The number of nitrogens with zero attached hydrogens (tertiary/aromatic N) is 1. The fourth-order valence-corrected chi connectivity index (χ4v) is 3.81. The Balaban J connectivity index is 2.17. The molecular weight excluding hydrogens is 260 g/mol.